The Morgan fingerprint density at radius 1 is 1.03 bits per heavy atom. The summed E-state index contributed by atoms with van der Waals surface area (Å²) in [7, 11) is 0. The van der Waals surface area contributed by atoms with Gasteiger partial charge in [-0.3, -0.25) is 9.69 Å². The molecule has 5 nitrogen and oxygen atoms in total. The van der Waals surface area contributed by atoms with Gasteiger partial charge >= 0.3 is 5.97 Å². The summed E-state index contributed by atoms with van der Waals surface area (Å²) < 4.78 is 0. The third-order valence-electron chi connectivity index (χ3n) is 6.56. The van der Waals surface area contributed by atoms with Gasteiger partial charge in [0.05, 0.1) is 5.56 Å². The van der Waals surface area contributed by atoms with Gasteiger partial charge in [0.15, 0.2) is 0 Å². The van der Waals surface area contributed by atoms with Crippen LogP contribution >= 0.6 is 0 Å². The van der Waals surface area contributed by atoms with Crippen LogP contribution in [0.15, 0.2) is 54.6 Å². The molecule has 1 heterocycles. The molecule has 2 fully saturated rings. The minimum absolute atomic E-state index is 0.149. The molecule has 30 heavy (non-hydrogen) atoms. The monoisotopic (exact) mass is 406 g/mol. The zero-order valence-corrected chi connectivity index (χ0v) is 17.5. The van der Waals surface area contributed by atoms with Gasteiger partial charge < -0.3 is 10.0 Å². The van der Waals surface area contributed by atoms with Gasteiger partial charge in [0, 0.05) is 32.0 Å². The van der Waals surface area contributed by atoms with Crippen LogP contribution in [0.5, 0.6) is 0 Å². The van der Waals surface area contributed by atoms with E-state index in [1.165, 1.54) is 5.56 Å². The largest absolute Gasteiger partial charge is 0.478 e. The van der Waals surface area contributed by atoms with Crippen LogP contribution < -0.4 is 0 Å². The van der Waals surface area contributed by atoms with E-state index in [0.717, 1.165) is 51.0 Å². The molecule has 0 unspecified atom stereocenters. The lowest BCUT2D eigenvalue weighted by molar-refractivity contribution is -0.130. The Morgan fingerprint density at radius 2 is 1.70 bits per heavy atom. The van der Waals surface area contributed by atoms with Gasteiger partial charge in [-0.2, -0.15) is 0 Å². The summed E-state index contributed by atoms with van der Waals surface area (Å²) in [5.74, 6) is 0.126. The summed E-state index contributed by atoms with van der Waals surface area (Å²) in [6.07, 6.45) is 3.22. The predicted molar refractivity (Wildman–Crippen MR) is 116 cm³/mol. The van der Waals surface area contributed by atoms with Crippen LogP contribution in [0.25, 0.3) is 0 Å². The molecule has 2 atom stereocenters. The molecule has 1 aliphatic carbocycles. The first-order chi connectivity index (χ1) is 14.5. The van der Waals surface area contributed by atoms with Crippen LogP contribution in [-0.2, 0) is 11.3 Å². The predicted octanol–water partition coefficient (Wildman–Crippen LogP) is 4.00. The zero-order chi connectivity index (χ0) is 21.1. The highest BCUT2D eigenvalue weighted by atomic mass is 16.4. The lowest BCUT2D eigenvalue weighted by Crippen LogP contribution is -2.41. The van der Waals surface area contributed by atoms with Gasteiger partial charge in [-0.25, -0.2) is 4.79 Å². The van der Waals surface area contributed by atoms with Crippen LogP contribution in [-0.4, -0.2) is 52.5 Å². The Kier molecular flexibility index (Phi) is 6.18. The van der Waals surface area contributed by atoms with E-state index in [2.05, 4.69) is 40.1 Å². The molecular weight excluding hydrogens is 376 g/mol. The standard InChI is InChI=1S/C25H30N2O3/c1-18(28)27(24-15-23(24)21-7-9-22(10-8-21)25(29)30)17-20-11-13-26(14-12-20)16-19-5-3-2-4-6-19/h2-10,20,23-24H,11-17H2,1H3,(H,29,30)/t23-,24+/m1/s1. The normalized spacial score (nSPS) is 21.9. The van der Waals surface area contributed by atoms with E-state index < -0.39 is 5.97 Å². The SMILES string of the molecule is CC(=O)N(CC1CCN(Cc2ccccc2)CC1)[C@H]1C[C@@H]1c1ccc(C(=O)O)cc1. The van der Waals surface area contributed by atoms with E-state index in [4.69, 9.17) is 5.11 Å². The third kappa shape index (κ3) is 4.90. The molecule has 0 spiro atoms. The Bertz CT molecular complexity index is 873. The number of hydrogen-bond acceptors (Lipinski definition) is 3. The molecule has 5 heteroatoms. The molecule has 158 valence electrons. The number of aromatic carboxylic acids is 1. The van der Waals surface area contributed by atoms with Gasteiger partial charge in [0.2, 0.25) is 5.91 Å². The number of piperidine rings is 1. The lowest BCUT2D eigenvalue weighted by atomic mass is 9.95. The maximum Gasteiger partial charge on any atom is 0.335 e. The summed E-state index contributed by atoms with van der Waals surface area (Å²) in [4.78, 5) is 28.0. The smallest absolute Gasteiger partial charge is 0.335 e. The second-order valence-electron chi connectivity index (χ2n) is 8.71. The molecule has 1 aliphatic heterocycles. The Balaban J connectivity index is 1.30. The fraction of sp³-hybridized carbons (Fsp3) is 0.440. The van der Waals surface area contributed by atoms with E-state index in [9.17, 15) is 9.59 Å². The van der Waals surface area contributed by atoms with E-state index in [-0.39, 0.29) is 11.9 Å². The number of likely N-dealkylation sites (tertiary alicyclic amines) is 1. The molecule has 1 amide bonds. The van der Waals surface area contributed by atoms with Crippen molar-refractivity contribution >= 4 is 11.9 Å². The lowest BCUT2D eigenvalue weighted by Gasteiger charge is -2.35. The molecular formula is C25H30N2O3. The van der Waals surface area contributed by atoms with Crippen molar-refractivity contribution in [3.05, 3.63) is 71.3 Å². The fourth-order valence-corrected chi connectivity index (χ4v) is 4.70. The number of carboxylic acid groups (broad SMARTS) is 1. The van der Waals surface area contributed by atoms with Crippen molar-refractivity contribution in [3.8, 4) is 0 Å². The molecule has 2 aliphatic rings. The quantitative estimate of drug-likeness (QED) is 0.755. The van der Waals surface area contributed by atoms with Crippen LogP contribution in [0.2, 0.25) is 0 Å². The number of hydrogen-bond donors (Lipinski definition) is 1. The van der Waals surface area contributed by atoms with E-state index >= 15 is 0 Å². The molecule has 2 aromatic carbocycles. The van der Waals surface area contributed by atoms with Crippen molar-refractivity contribution in [2.45, 2.75) is 44.7 Å². The van der Waals surface area contributed by atoms with Gasteiger partial charge in [-0.05, 0) is 61.5 Å². The molecule has 1 saturated carbocycles. The van der Waals surface area contributed by atoms with Crippen molar-refractivity contribution in [1.29, 1.82) is 0 Å². The molecule has 1 saturated heterocycles. The highest BCUT2D eigenvalue weighted by molar-refractivity contribution is 5.87. The van der Waals surface area contributed by atoms with Crippen molar-refractivity contribution in [1.82, 2.24) is 9.80 Å². The first kappa shape index (κ1) is 20.6. The topological polar surface area (TPSA) is 60.9 Å². The first-order valence-electron chi connectivity index (χ1n) is 10.9. The Morgan fingerprint density at radius 3 is 2.30 bits per heavy atom. The van der Waals surface area contributed by atoms with Gasteiger partial charge in [0.25, 0.3) is 0 Å². The zero-order valence-electron chi connectivity index (χ0n) is 17.5. The molecule has 1 N–H and O–H groups in total. The van der Waals surface area contributed by atoms with Crippen molar-refractivity contribution in [2.24, 2.45) is 5.92 Å². The average Bonchev–Trinajstić information content (AvgIpc) is 3.54. The van der Waals surface area contributed by atoms with Crippen molar-refractivity contribution in [3.63, 3.8) is 0 Å². The number of carbonyl (C=O) groups is 2. The Labute approximate surface area is 178 Å². The van der Waals surface area contributed by atoms with Gasteiger partial charge in [-0.15, -0.1) is 0 Å². The minimum Gasteiger partial charge on any atom is -0.478 e. The van der Waals surface area contributed by atoms with Crippen LogP contribution in [0.3, 0.4) is 0 Å². The minimum atomic E-state index is -0.905. The maximum atomic E-state index is 12.4. The highest BCUT2D eigenvalue weighted by Crippen LogP contribution is 2.45. The van der Waals surface area contributed by atoms with E-state index in [1.54, 1.807) is 19.1 Å². The summed E-state index contributed by atoms with van der Waals surface area (Å²) >= 11 is 0. The van der Waals surface area contributed by atoms with E-state index in [1.807, 2.05) is 12.1 Å². The number of rotatable bonds is 7. The first-order valence-corrected chi connectivity index (χ1v) is 10.9. The number of amides is 1. The summed E-state index contributed by atoms with van der Waals surface area (Å²) in [5, 5.41) is 9.07. The fourth-order valence-electron chi connectivity index (χ4n) is 4.70. The maximum absolute atomic E-state index is 12.4. The van der Waals surface area contributed by atoms with Crippen LogP contribution in [0.4, 0.5) is 0 Å². The summed E-state index contributed by atoms with van der Waals surface area (Å²) in [6.45, 7) is 5.67. The third-order valence-corrected chi connectivity index (χ3v) is 6.56. The second-order valence-corrected chi connectivity index (χ2v) is 8.71. The molecule has 0 radical (unpaired) electrons. The molecule has 0 bridgehead atoms. The second kappa shape index (κ2) is 9.00. The number of carbonyl (C=O) groups excluding carboxylic acids is 1. The van der Waals surface area contributed by atoms with Gasteiger partial charge in [-0.1, -0.05) is 42.5 Å². The summed E-state index contributed by atoms with van der Waals surface area (Å²) in [6, 6.07) is 18.0. The van der Waals surface area contributed by atoms with Crippen molar-refractivity contribution < 1.29 is 14.7 Å². The molecule has 4 rings (SSSR count). The summed E-state index contributed by atoms with van der Waals surface area (Å²) in [5.41, 5.74) is 2.80. The van der Waals surface area contributed by atoms with E-state index in [0.29, 0.717) is 17.4 Å². The number of nitrogens with zero attached hydrogens (tertiary/aromatic N) is 2. The van der Waals surface area contributed by atoms with Crippen molar-refractivity contribution in [2.75, 3.05) is 19.6 Å². The Hall–Kier alpha value is -2.66. The average molecular weight is 407 g/mol. The van der Waals surface area contributed by atoms with Gasteiger partial charge in [0.1, 0.15) is 0 Å². The molecule has 0 aromatic heterocycles. The number of benzene rings is 2. The van der Waals surface area contributed by atoms with Crippen LogP contribution in [0, 0.1) is 5.92 Å². The van der Waals surface area contributed by atoms with Crippen LogP contribution in [0.1, 0.15) is 53.6 Å². The molecule has 2 aromatic rings. The number of carboxylic acids is 1. The highest BCUT2D eigenvalue weighted by Gasteiger charge is 2.44.